The fraction of sp³-hybridized carbons (Fsp3) is 0.385. The minimum absolute atomic E-state index is 0.0503. The van der Waals surface area contributed by atoms with Gasteiger partial charge < -0.3 is 10.2 Å². The molecule has 5 heteroatoms. The van der Waals surface area contributed by atoms with Crippen LogP contribution in [0.4, 0.5) is 10.1 Å². The summed E-state index contributed by atoms with van der Waals surface area (Å²) in [6.45, 7) is 0.0745. The van der Waals surface area contributed by atoms with Crippen LogP contribution in [0, 0.1) is 17.1 Å². The molecule has 18 heavy (non-hydrogen) atoms. The highest BCUT2D eigenvalue weighted by molar-refractivity contribution is 5.81. The van der Waals surface area contributed by atoms with E-state index in [1.54, 1.807) is 24.1 Å². The van der Waals surface area contributed by atoms with E-state index in [4.69, 9.17) is 5.26 Å². The van der Waals surface area contributed by atoms with Gasteiger partial charge in [0.15, 0.2) is 0 Å². The first-order valence-electron chi connectivity index (χ1n) is 5.81. The van der Waals surface area contributed by atoms with Crippen LogP contribution in [0.25, 0.3) is 0 Å². The number of nitrogens with one attached hydrogen (secondary N) is 1. The summed E-state index contributed by atoms with van der Waals surface area (Å²) in [5.74, 6) is -0.629. The van der Waals surface area contributed by atoms with Crippen molar-refractivity contribution in [2.45, 2.75) is 18.9 Å². The van der Waals surface area contributed by atoms with Crippen molar-refractivity contribution in [3.63, 3.8) is 0 Å². The van der Waals surface area contributed by atoms with Crippen molar-refractivity contribution >= 4 is 11.6 Å². The summed E-state index contributed by atoms with van der Waals surface area (Å²) in [5.41, 5.74) is 0.300. The second kappa shape index (κ2) is 5.05. The van der Waals surface area contributed by atoms with Gasteiger partial charge in [-0.25, -0.2) is 4.39 Å². The van der Waals surface area contributed by atoms with Crippen molar-refractivity contribution in [2.24, 2.45) is 0 Å². The smallest absolute Gasteiger partial charge is 0.241 e. The molecule has 0 saturated heterocycles. The van der Waals surface area contributed by atoms with Gasteiger partial charge in [0, 0.05) is 13.1 Å². The number of benzene rings is 1. The number of carbonyl (C=O) groups excluding carboxylic acids is 1. The Morgan fingerprint density at radius 1 is 1.61 bits per heavy atom. The number of amides is 1. The lowest BCUT2D eigenvalue weighted by Crippen LogP contribution is -2.33. The molecular formula is C13H14FN3O. The Balaban J connectivity index is 2.00. The van der Waals surface area contributed by atoms with Gasteiger partial charge in [-0.15, -0.1) is 0 Å². The number of carbonyl (C=O) groups is 1. The lowest BCUT2D eigenvalue weighted by molar-refractivity contribution is -0.128. The van der Waals surface area contributed by atoms with Gasteiger partial charge in [0.2, 0.25) is 5.91 Å². The number of likely N-dealkylation sites (N-methyl/N-ethyl adjacent to an activating group) is 1. The predicted molar refractivity (Wildman–Crippen MR) is 65.4 cm³/mol. The highest BCUT2D eigenvalue weighted by atomic mass is 19.1. The van der Waals surface area contributed by atoms with Crippen LogP contribution in [0.15, 0.2) is 18.2 Å². The third-order valence-electron chi connectivity index (χ3n) is 3.04. The van der Waals surface area contributed by atoms with Crippen molar-refractivity contribution < 1.29 is 9.18 Å². The Bertz CT molecular complexity index is 505. The van der Waals surface area contributed by atoms with Gasteiger partial charge in [0.1, 0.15) is 17.4 Å². The zero-order valence-corrected chi connectivity index (χ0v) is 10.1. The predicted octanol–water partition coefficient (Wildman–Crippen LogP) is 1.73. The molecule has 1 aromatic rings. The molecule has 1 amide bonds. The number of hydrogen-bond acceptors (Lipinski definition) is 3. The Hall–Kier alpha value is -2.09. The first-order valence-corrected chi connectivity index (χ1v) is 5.81. The first-order chi connectivity index (χ1) is 8.63. The topological polar surface area (TPSA) is 56.1 Å². The molecular weight excluding hydrogens is 233 g/mol. The fourth-order valence-electron chi connectivity index (χ4n) is 1.75. The molecule has 1 saturated carbocycles. The van der Waals surface area contributed by atoms with Crippen LogP contribution in [0.2, 0.25) is 0 Å². The van der Waals surface area contributed by atoms with E-state index in [1.165, 1.54) is 12.1 Å². The Morgan fingerprint density at radius 3 is 2.94 bits per heavy atom. The number of hydrogen-bond donors (Lipinski definition) is 1. The van der Waals surface area contributed by atoms with E-state index in [1.807, 2.05) is 0 Å². The zero-order chi connectivity index (χ0) is 13.1. The molecule has 0 aliphatic heterocycles. The number of nitriles is 1. The summed E-state index contributed by atoms with van der Waals surface area (Å²) in [6, 6.07) is 6.46. The third-order valence-corrected chi connectivity index (χ3v) is 3.04. The second-order valence-corrected chi connectivity index (χ2v) is 4.36. The van der Waals surface area contributed by atoms with Crippen molar-refractivity contribution in [2.75, 3.05) is 18.9 Å². The molecule has 2 rings (SSSR count). The van der Waals surface area contributed by atoms with Gasteiger partial charge in [0.25, 0.3) is 0 Å². The maximum atomic E-state index is 13.3. The summed E-state index contributed by atoms with van der Waals surface area (Å²) < 4.78 is 13.3. The van der Waals surface area contributed by atoms with Crippen molar-refractivity contribution in [1.29, 1.82) is 5.26 Å². The molecule has 0 spiro atoms. The van der Waals surface area contributed by atoms with E-state index in [-0.39, 0.29) is 18.0 Å². The number of nitrogens with zero attached hydrogens (tertiary/aromatic N) is 2. The third kappa shape index (κ3) is 2.59. The van der Waals surface area contributed by atoms with Gasteiger partial charge in [-0.1, -0.05) is 6.07 Å². The van der Waals surface area contributed by atoms with Crippen LogP contribution in [0.1, 0.15) is 18.4 Å². The van der Waals surface area contributed by atoms with Crippen LogP contribution in [0.5, 0.6) is 0 Å². The van der Waals surface area contributed by atoms with Crippen LogP contribution in [0.3, 0.4) is 0 Å². The highest BCUT2D eigenvalue weighted by Crippen LogP contribution is 2.25. The summed E-state index contributed by atoms with van der Waals surface area (Å²) in [5, 5.41) is 11.7. The Kier molecular flexibility index (Phi) is 3.47. The number of halogens is 1. The van der Waals surface area contributed by atoms with Crippen LogP contribution in [-0.2, 0) is 4.79 Å². The van der Waals surface area contributed by atoms with E-state index < -0.39 is 5.82 Å². The molecule has 0 heterocycles. The number of anilines is 1. The monoisotopic (exact) mass is 247 g/mol. The maximum Gasteiger partial charge on any atom is 0.241 e. The normalized spacial score (nSPS) is 13.8. The van der Waals surface area contributed by atoms with Crippen molar-refractivity contribution in [3.05, 3.63) is 29.6 Å². The SMILES string of the molecule is CN(C(=O)CNc1cccc(F)c1C#N)C1CC1. The summed E-state index contributed by atoms with van der Waals surface area (Å²) in [4.78, 5) is 13.5. The van der Waals surface area contributed by atoms with E-state index in [0.717, 1.165) is 12.8 Å². The molecule has 1 aliphatic carbocycles. The molecule has 94 valence electrons. The average molecular weight is 247 g/mol. The minimum atomic E-state index is -0.578. The minimum Gasteiger partial charge on any atom is -0.375 e. The van der Waals surface area contributed by atoms with Crippen molar-refractivity contribution in [3.8, 4) is 6.07 Å². The van der Waals surface area contributed by atoms with E-state index >= 15 is 0 Å². The first kappa shape index (κ1) is 12.4. The standard InChI is InChI=1S/C13H14FN3O/c1-17(9-5-6-9)13(18)8-16-12-4-2-3-11(14)10(12)7-15/h2-4,9,16H,5-6,8H2,1H3. The number of rotatable bonds is 4. The van der Waals surface area contributed by atoms with Gasteiger partial charge in [-0.05, 0) is 25.0 Å². The molecule has 0 aromatic heterocycles. The lowest BCUT2D eigenvalue weighted by atomic mass is 10.2. The summed E-state index contributed by atoms with van der Waals surface area (Å²) in [6.07, 6.45) is 2.09. The lowest BCUT2D eigenvalue weighted by Gasteiger charge is -2.17. The molecule has 1 aromatic carbocycles. The molecule has 4 nitrogen and oxygen atoms in total. The quantitative estimate of drug-likeness (QED) is 0.881. The summed E-state index contributed by atoms with van der Waals surface area (Å²) in [7, 11) is 1.76. The molecule has 0 unspecified atom stereocenters. The van der Waals surface area contributed by atoms with Crippen LogP contribution < -0.4 is 5.32 Å². The van der Waals surface area contributed by atoms with Gasteiger partial charge >= 0.3 is 0 Å². The maximum absolute atomic E-state index is 13.3. The molecule has 1 fully saturated rings. The zero-order valence-electron chi connectivity index (χ0n) is 10.1. The van der Waals surface area contributed by atoms with Crippen molar-refractivity contribution in [1.82, 2.24) is 4.90 Å². The molecule has 1 N–H and O–H groups in total. The fourth-order valence-corrected chi connectivity index (χ4v) is 1.75. The molecule has 0 bridgehead atoms. The van der Waals surface area contributed by atoms with Gasteiger partial charge in [-0.3, -0.25) is 4.79 Å². The average Bonchev–Trinajstić information content (AvgIpc) is 3.19. The van der Waals surface area contributed by atoms with E-state index in [0.29, 0.717) is 11.7 Å². The van der Waals surface area contributed by atoms with Gasteiger partial charge in [0.05, 0.1) is 12.2 Å². The molecule has 0 radical (unpaired) electrons. The van der Waals surface area contributed by atoms with E-state index in [2.05, 4.69) is 5.32 Å². The molecule has 1 aliphatic rings. The van der Waals surface area contributed by atoms with Crippen LogP contribution >= 0.6 is 0 Å². The largest absolute Gasteiger partial charge is 0.375 e. The Labute approximate surface area is 105 Å². The molecule has 0 atom stereocenters. The van der Waals surface area contributed by atoms with Gasteiger partial charge in [-0.2, -0.15) is 5.26 Å². The second-order valence-electron chi connectivity index (χ2n) is 4.36. The highest BCUT2D eigenvalue weighted by Gasteiger charge is 2.29. The summed E-state index contributed by atoms with van der Waals surface area (Å²) >= 11 is 0. The van der Waals surface area contributed by atoms with Crippen LogP contribution in [-0.4, -0.2) is 30.4 Å². The van der Waals surface area contributed by atoms with E-state index in [9.17, 15) is 9.18 Å². The Morgan fingerprint density at radius 2 is 2.33 bits per heavy atom.